The maximum atomic E-state index is 13.8. The Bertz CT molecular complexity index is 1560. The minimum absolute atomic E-state index is 0.153. The van der Waals surface area contributed by atoms with Crippen LogP contribution >= 0.6 is 0 Å². The highest BCUT2D eigenvalue weighted by Gasteiger charge is 2.35. The van der Waals surface area contributed by atoms with Gasteiger partial charge in [-0.15, -0.1) is 0 Å². The lowest BCUT2D eigenvalue weighted by molar-refractivity contribution is -0.135. The molecule has 5 rings (SSSR count). The summed E-state index contributed by atoms with van der Waals surface area (Å²) < 4.78 is 5.99. The van der Waals surface area contributed by atoms with Crippen LogP contribution in [-0.2, 0) is 4.79 Å². The Labute approximate surface area is 221 Å². The van der Waals surface area contributed by atoms with Crippen molar-refractivity contribution in [1.82, 2.24) is 0 Å². The molecule has 0 saturated heterocycles. The van der Waals surface area contributed by atoms with Gasteiger partial charge in [-0.3, -0.25) is 4.79 Å². The number of carboxylic acid groups (broad SMARTS) is 1. The van der Waals surface area contributed by atoms with E-state index in [4.69, 9.17) is 4.74 Å². The third-order valence-electron chi connectivity index (χ3n) is 6.84. The number of benzene rings is 4. The molecule has 1 aliphatic heterocycles. The van der Waals surface area contributed by atoms with E-state index in [1.807, 2.05) is 73.8 Å². The average molecular weight is 506 g/mol. The Morgan fingerprint density at radius 1 is 0.816 bits per heavy atom. The molecule has 0 radical (unpaired) electrons. The zero-order chi connectivity index (χ0) is 27.0. The van der Waals surface area contributed by atoms with E-state index in [1.165, 1.54) is 12.1 Å². The first-order chi connectivity index (χ1) is 18.2. The maximum Gasteiger partial charge on any atom is 0.335 e. The zero-order valence-corrected chi connectivity index (χ0v) is 21.3. The molecule has 0 spiro atoms. The first-order valence-electron chi connectivity index (χ1n) is 12.2. The topological polar surface area (TPSA) is 87.1 Å². The monoisotopic (exact) mass is 505 g/mol. The SMILES string of the molecule is Cc1cc(C(=O)O)cc(C)c1OC(=O)C1c2ccccc2N(C)c2ccc(C=Cc3ccc(O)cc3)cc21. The molecule has 0 amide bonds. The number of phenols is 1. The quantitative estimate of drug-likeness (QED) is 0.178. The smallest absolute Gasteiger partial charge is 0.335 e. The number of aryl methyl sites for hydroxylation is 2. The fourth-order valence-electron chi connectivity index (χ4n) is 4.97. The van der Waals surface area contributed by atoms with Gasteiger partial charge in [0, 0.05) is 18.4 Å². The minimum atomic E-state index is -1.03. The Balaban J connectivity index is 1.55. The van der Waals surface area contributed by atoms with Crippen LogP contribution in [0.15, 0.2) is 78.9 Å². The summed E-state index contributed by atoms with van der Waals surface area (Å²) in [6.45, 7) is 3.48. The average Bonchev–Trinajstić information content (AvgIpc) is 2.90. The summed E-state index contributed by atoms with van der Waals surface area (Å²) >= 11 is 0. The Kier molecular flexibility index (Phi) is 6.47. The molecule has 4 aromatic carbocycles. The van der Waals surface area contributed by atoms with Crippen molar-refractivity contribution in [1.29, 1.82) is 0 Å². The normalized spacial score (nSPS) is 14.2. The van der Waals surface area contributed by atoms with Crippen LogP contribution in [0.1, 0.15) is 49.7 Å². The van der Waals surface area contributed by atoms with Crippen molar-refractivity contribution >= 4 is 35.5 Å². The molecule has 1 atom stereocenters. The van der Waals surface area contributed by atoms with Crippen molar-refractivity contribution in [2.75, 3.05) is 11.9 Å². The van der Waals surface area contributed by atoms with E-state index in [-0.39, 0.29) is 11.3 Å². The van der Waals surface area contributed by atoms with E-state index < -0.39 is 17.9 Å². The van der Waals surface area contributed by atoms with Gasteiger partial charge >= 0.3 is 11.9 Å². The summed E-state index contributed by atoms with van der Waals surface area (Å²) in [4.78, 5) is 27.4. The molecule has 38 heavy (non-hydrogen) atoms. The van der Waals surface area contributed by atoms with Crippen molar-refractivity contribution in [3.8, 4) is 11.5 Å². The largest absolute Gasteiger partial charge is 0.508 e. The highest BCUT2D eigenvalue weighted by molar-refractivity contribution is 5.94. The fraction of sp³-hybridized carbons (Fsp3) is 0.125. The van der Waals surface area contributed by atoms with Crippen molar-refractivity contribution in [2.45, 2.75) is 19.8 Å². The van der Waals surface area contributed by atoms with Gasteiger partial charge in [0.15, 0.2) is 0 Å². The maximum absolute atomic E-state index is 13.8. The van der Waals surface area contributed by atoms with Crippen LogP contribution in [0, 0.1) is 13.8 Å². The van der Waals surface area contributed by atoms with Gasteiger partial charge in [0.2, 0.25) is 0 Å². The first kappa shape index (κ1) is 24.8. The molecule has 1 aliphatic rings. The Morgan fingerprint density at radius 3 is 2.11 bits per heavy atom. The number of nitrogens with zero attached hydrogens (tertiary/aromatic N) is 1. The Hall–Kier alpha value is -4.84. The van der Waals surface area contributed by atoms with Crippen molar-refractivity contribution in [2.24, 2.45) is 0 Å². The highest BCUT2D eigenvalue weighted by Crippen LogP contribution is 2.46. The molecule has 2 N–H and O–H groups in total. The predicted molar refractivity (Wildman–Crippen MR) is 148 cm³/mol. The summed E-state index contributed by atoms with van der Waals surface area (Å²) in [5, 5.41) is 18.9. The summed E-state index contributed by atoms with van der Waals surface area (Å²) in [5.41, 5.74) is 6.66. The number of esters is 1. The number of fused-ring (bicyclic) bond motifs is 2. The summed E-state index contributed by atoms with van der Waals surface area (Å²) in [5.74, 6) is -1.54. The Morgan fingerprint density at radius 2 is 1.42 bits per heavy atom. The summed E-state index contributed by atoms with van der Waals surface area (Å²) in [6.07, 6.45) is 3.92. The predicted octanol–water partition coefficient (Wildman–Crippen LogP) is 6.70. The van der Waals surface area contributed by atoms with Gasteiger partial charge in [0.1, 0.15) is 17.4 Å². The molecule has 0 aliphatic carbocycles. The van der Waals surface area contributed by atoms with Crippen LogP contribution in [0.4, 0.5) is 11.4 Å². The van der Waals surface area contributed by atoms with Gasteiger partial charge in [-0.1, -0.05) is 48.6 Å². The van der Waals surface area contributed by atoms with Crippen LogP contribution in [0.2, 0.25) is 0 Å². The molecule has 0 saturated carbocycles. The van der Waals surface area contributed by atoms with E-state index in [0.717, 1.165) is 33.6 Å². The lowest BCUT2D eigenvalue weighted by atomic mass is 9.84. The molecule has 0 fully saturated rings. The van der Waals surface area contributed by atoms with Gasteiger partial charge in [-0.25, -0.2) is 4.79 Å². The van der Waals surface area contributed by atoms with E-state index in [1.54, 1.807) is 26.0 Å². The molecule has 0 bridgehead atoms. The number of rotatable bonds is 5. The number of hydrogen-bond acceptors (Lipinski definition) is 5. The second-order valence-electron chi connectivity index (χ2n) is 9.46. The number of carboxylic acids is 1. The lowest BCUT2D eigenvalue weighted by Gasteiger charge is -2.34. The molecule has 6 nitrogen and oxygen atoms in total. The molecule has 0 aromatic heterocycles. The van der Waals surface area contributed by atoms with Gasteiger partial charge in [0.05, 0.1) is 5.56 Å². The number of carbonyl (C=O) groups is 2. The molecule has 1 unspecified atom stereocenters. The van der Waals surface area contributed by atoms with E-state index in [0.29, 0.717) is 16.9 Å². The standard InChI is InChI=1S/C32H27NO5/c1-19-16-23(31(35)36)17-20(2)30(19)38-32(37)29-25-6-4-5-7-27(25)33(3)28-15-12-22(18-26(28)29)9-8-21-10-13-24(34)14-11-21/h4-18,29,34H,1-3H3,(H,35,36). The molecule has 4 aromatic rings. The molecular formula is C32H27NO5. The minimum Gasteiger partial charge on any atom is -0.508 e. The van der Waals surface area contributed by atoms with Gasteiger partial charge in [-0.05, 0) is 89.7 Å². The number of aromatic hydroxyl groups is 1. The summed E-state index contributed by atoms with van der Waals surface area (Å²) in [7, 11) is 1.98. The number of hydrogen-bond donors (Lipinski definition) is 2. The van der Waals surface area contributed by atoms with E-state index in [2.05, 4.69) is 4.90 Å². The number of carbonyl (C=O) groups excluding carboxylic acids is 1. The fourth-order valence-corrected chi connectivity index (χ4v) is 4.97. The van der Waals surface area contributed by atoms with Crippen LogP contribution in [-0.4, -0.2) is 29.2 Å². The lowest BCUT2D eigenvalue weighted by Crippen LogP contribution is -2.29. The van der Waals surface area contributed by atoms with E-state index in [9.17, 15) is 19.8 Å². The van der Waals surface area contributed by atoms with Gasteiger partial charge in [0.25, 0.3) is 0 Å². The molecule has 1 heterocycles. The highest BCUT2D eigenvalue weighted by atomic mass is 16.5. The number of aromatic carboxylic acids is 1. The van der Waals surface area contributed by atoms with Crippen LogP contribution in [0.25, 0.3) is 12.2 Å². The van der Waals surface area contributed by atoms with Crippen molar-refractivity contribution in [3.05, 3.63) is 118 Å². The van der Waals surface area contributed by atoms with Crippen LogP contribution in [0.5, 0.6) is 11.5 Å². The third-order valence-corrected chi connectivity index (χ3v) is 6.84. The second-order valence-corrected chi connectivity index (χ2v) is 9.46. The zero-order valence-electron chi connectivity index (χ0n) is 21.3. The molecule has 6 heteroatoms. The number of ether oxygens (including phenoxy) is 1. The third kappa shape index (κ3) is 4.64. The number of phenolic OH excluding ortho intramolecular Hbond substituents is 1. The van der Waals surface area contributed by atoms with Crippen molar-refractivity contribution < 1.29 is 24.5 Å². The van der Waals surface area contributed by atoms with Gasteiger partial charge < -0.3 is 19.8 Å². The van der Waals surface area contributed by atoms with Crippen LogP contribution in [0.3, 0.4) is 0 Å². The van der Waals surface area contributed by atoms with Gasteiger partial charge in [-0.2, -0.15) is 0 Å². The number of para-hydroxylation sites is 1. The van der Waals surface area contributed by atoms with Crippen LogP contribution < -0.4 is 9.64 Å². The first-order valence-corrected chi connectivity index (χ1v) is 12.2. The second kappa shape index (κ2) is 9.90. The summed E-state index contributed by atoms with van der Waals surface area (Å²) in [6, 6.07) is 23.7. The van der Waals surface area contributed by atoms with Crippen molar-refractivity contribution in [3.63, 3.8) is 0 Å². The van der Waals surface area contributed by atoms with E-state index >= 15 is 0 Å². The molecular weight excluding hydrogens is 478 g/mol. The molecule has 190 valence electrons. The number of anilines is 2.